The summed E-state index contributed by atoms with van der Waals surface area (Å²) in [6, 6.07) is 4.87. The molecular weight excluding hydrogens is 277 g/mol. The third-order valence-electron chi connectivity index (χ3n) is 3.28. The van der Waals surface area contributed by atoms with Gasteiger partial charge in [0.2, 0.25) is 0 Å². The molecule has 3 nitrogen and oxygen atoms in total. The van der Waals surface area contributed by atoms with Gasteiger partial charge in [-0.3, -0.25) is 4.68 Å². The van der Waals surface area contributed by atoms with Crippen LogP contribution in [0.15, 0.2) is 18.2 Å². The van der Waals surface area contributed by atoms with Crippen LogP contribution in [0.2, 0.25) is 5.02 Å². The van der Waals surface area contributed by atoms with Gasteiger partial charge in [0.1, 0.15) is 5.82 Å². The van der Waals surface area contributed by atoms with E-state index in [2.05, 4.69) is 24.3 Å². The van der Waals surface area contributed by atoms with Crippen LogP contribution in [0.25, 0.3) is 0 Å². The van der Waals surface area contributed by atoms with E-state index in [9.17, 15) is 4.39 Å². The SMILES string of the molecule is Cc1nn(C(C)C)c(C)c1NCc1cc(Cl)ccc1F. The molecule has 0 aliphatic carbocycles. The van der Waals surface area contributed by atoms with Crippen molar-refractivity contribution in [1.82, 2.24) is 9.78 Å². The summed E-state index contributed by atoms with van der Waals surface area (Å²) in [7, 11) is 0. The van der Waals surface area contributed by atoms with Crippen LogP contribution >= 0.6 is 11.6 Å². The van der Waals surface area contributed by atoms with Crippen LogP contribution in [0.5, 0.6) is 0 Å². The van der Waals surface area contributed by atoms with Crippen molar-refractivity contribution >= 4 is 17.3 Å². The first kappa shape index (κ1) is 14.9. The summed E-state index contributed by atoms with van der Waals surface area (Å²) in [5.74, 6) is -0.256. The van der Waals surface area contributed by atoms with E-state index in [1.54, 1.807) is 12.1 Å². The van der Waals surface area contributed by atoms with E-state index in [0.717, 1.165) is 17.1 Å². The molecule has 108 valence electrons. The highest BCUT2D eigenvalue weighted by atomic mass is 35.5. The summed E-state index contributed by atoms with van der Waals surface area (Å²) < 4.78 is 15.7. The minimum absolute atomic E-state index is 0.256. The molecule has 1 heterocycles. The Morgan fingerprint density at radius 1 is 1.35 bits per heavy atom. The van der Waals surface area contributed by atoms with Gasteiger partial charge < -0.3 is 5.32 Å². The molecule has 2 rings (SSSR count). The zero-order valence-corrected chi connectivity index (χ0v) is 12.9. The lowest BCUT2D eigenvalue weighted by Crippen LogP contribution is -2.06. The van der Waals surface area contributed by atoms with Crippen molar-refractivity contribution in [2.45, 2.75) is 40.3 Å². The quantitative estimate of drug-likeness (QED) is 0.901. The summed E-state index contributed by atoms with van der Waals surface area (Å²) in [4.78, 5) is 0. The van der Waals surface area contributed by atoms with Gasteiger partial charge in [-0.1, -0.05) is 11.6 Å². The molecule has 0 atom stereocenters. The molecule has 1 aromatic carbocycles. The second kappa shape index (κ2) is 5.83. The Morgan fingerprint density at radius 3 is 2.65 bits per heavy atom. The molecule has 0 bridgehead atoms. The standard InChI is InChI=1S/C15H19ClFN3/c1-9(2)20-11(4)15(10(3)19-20)18-8-12-7-13(16)5-6-14(12)17/h5-7,9,18H,8H2,1-4H3. The second-order valence-corrected chi connectivity index (χ2v) is 5.61. The lowest BCUT2D eigenvalue weighted by atomic mass is 10.2. The van der Waals surface area contributed by atoms with Crippen LogP contribution in [-0.4, -0.2) is 9.78 Å². The predicted molar refractivity (Wildman–Crippen MR) is 80.8 cm³/mol. The van der Waals surface area contributed by atoms with Gasteiger partial charge in [-0.2, -0.15) is 5.10 Å². The largest absolute Gasteiger partial charge is 0.378 e. The van der Waals surface area contributed by atoms with Crippen molar-refractivity contribution in [1.29, 1.82) is 0 Å². The number of hydrogen-bond acceptors (Lipinski definition) is 2. The van der Waals surface area contributed by atoms with E-state index >= 15 is 0 Å². The first-order valence-electron chi connectivity index (χ1n) is 6.63. The zero-order valence-electron chi connectivity index (χ0n) is 12.2. The average molecular weight is 296 g/mol. The summed E-state index contributed by atoms with van der Waals surface area (Å²) in [5.41, 5.74) is 3.48. The number of aryl methyl sites for hydroxylation is 1. The summed E-state index contributed by atoms with van der Waals surface area (Å²) in [5, 5.41) is 8.29. The van der Waals surface area contributed by atoms with E-state index in [0.29, 0.717) is 23.2 Å². The van der Waals surface area contributed by atoms with E-state index in [1.807, 2.05) is 18.5 Å². The topological polar surface area (TPSA) is 29.9 Å². The highest BCUT2D eigenvalue weighted by molar-refractivity contribution is 6.30. The van der Waals surface area contributed by atoms with Crippen LogP contribution in [0.1, 0.15) is 36.8 Å². The molecule has 5 heteroatoms. The number of nitrogens with zero attached hydrogens (tertiary/aromatic N) is 2. The number of benzene rings is 1. The van der Waals surface area contributed by atoms with Crippen LogP contribution in [0.3, 0.4) is 0 Å². The molecule has 1 aromatic heterocycles. The molecule has 0 aliphatic rings. The third kappa shape index (κ3) is 2.96. The number of anilines is 1. The number of halogens is 2. The fraction of sp³-hybridized carbons (Fsp3) is 0.400. The van der Waals surface area contributed by atoms with Crippen molar-refractivity contribution in [2.24, 2.45) is 0 Å². The number of nitrogens with one attached hydrogen (secondary N) is 1. The summed E-state index contributed by atoms with van der Waals surface area (Å²) in [6.07, 6.45) is 0. The lowest BCUT2D eigenvalue weighted by Gasteiger charge is -2.10. The van der Waals surface area contributed by atoms with Gasteiger partial charge in [-0.25, -0.2) is 4.39 Å². The maximum absolute atomic E-state index is 13.7. The first-order valence-corrected chi connectivity index (χ1v) is 7.01. The number of rotatable bonds is 4. The second-order valence-electron chi connectivity index (χ2n) is 5.17. The Bertz CT molecular complexity index is 620. The van der Waals surface area contributed by atoms with E-state index < -0.39 is 0 Å². The van der Waals surface area contributed by atoms with Crippen molar-refractivity contribution < 1.29 is 4.39 Å². The molecule has 0 saturated heterocycles. The van der Waals surface area contributed by atoms with E-state index in [1.165, 1.54) is 6.07 Å². The van der Waals surface area contributed by atoms with Crippen LogP contribution in [-0.2, 0) is 6.54 Å². The maximum atomic E-state index is 13.7. The van der Waals surface area contributed by atoms with Crippen molar-refractivity contribution in [3.63, 3.8) is 0 Å². The van der Waals surface area contributed by atoms with Gasteiger partial charge >= 0.3 is 0 Å². The monoisotopic (exact) mass is 295 g/mol. The molecule has 1 N–H and O–H groups in total. The molecule has 0 fully saturated rings. The van der Waals surface area contributed by atoms with Crippen molar-refractivity contribution in [2.75, 3.05) is 5.32 Å². The number of aromatic nitrogens is 2. The Hall–Kier alpha value is -1.55. The minimum atomic E-state index is -0.256. The Morgan fingerprint density at radius 2 is 2.05 bits per heavy atom. The smallest absolute Gasteiger partial charge is 0.128 e. The minimum Gasteiger partial charge on any atom is -0.378 e. The van der Waals surface area contributed by atoms with Gasteiger partial charge in [0.15, 0.2) is 0 Å². The van der Waals surface area contributed by atoms with Crippen LogP contribution in [0.4, 0.5) is 10.1 Å². The fourth-order valence-corrected chi connectivity index (χ4v) is 2.48. The fourth-order valence-electron chi connectivity index (χ4n) is 2.28. The molecule has 0 amide bonds. The molecule has 0 spiro atoms. The molecule has 20 heavy (non-hydrogen) atoms. The summed E-state index contributed by atoms with van der Waals surface area (Å²) >= 11 is 5.90. The maximum Gasteiger partial charge on any atom is 0.128 e. The molecule has 2 aromatic rings. The van der Waals surface area contributed by atoms with Gasteiger partial charge in [0, 0.05) is 23.2 Å². The Balaban J connectivity index is 2.21. The lowest BCUT2D eigenvalue weighted by molar-refractivity contribution is 0.516. The molecule has 0 aliphatic heterocycles. The van der Waals surface area contributed by atoms with Crippen LogP contribution < -0.4 is 5.32 Å². The van der Waals surface area contributed by atoms with E-state index in [4.69, 9.17) is 11.6 Å². The normalized spacial score (nSPS) is 11.2. The van der Waals surface area contributed by atoms with Crippen molar-refractivity contribution in [3.05, 3.63) is 46.0 Å². The van der Waals surface area contributed by atoms with Gasteiger partial charge in [0.05, 0.1) is 17.1 Å². The predicted octanol–water partition coefficient (Wildman–Crippen LogP) is 4.49. The highest BCUT2D eigenvalue weighted by Crippen LogP contribution is 2.24. The van der Waals surface area contributed by atoms with Crippen LogP contribution in [0, 0.1) is 19.7 Å². The molecule has 0 radical (unpaired) electrons. The highest BCUT2D eigenvalue weighted by Gasteiger charge is 2.13. The summed E-state index contributed by atoms with van der Waals surface area (Å²) in [6.45, 7) is 8.51. The molecule has 0 saturated carbocycles. The third-order valence-corrected chi connectivity index (χ3v) is 3.51. The zero-order chi connectivity index (χ0) is 14.9. The van der Waals surface area contributed by atoms with E-state index in [-0.39, 0.29) is 5.82 Å². The Kier molecular flexibility index (Phi) is 4.33. The first-order chi connectivity index (χ1) is 9.40. The average Bonchev–Trinajstić information content (AvgIpc) is 2.67. The van der Waals surface area contributed by atoms with Gasteiger partial charge in [0.25, 0.3) is 0 Å². The molecule has 0 unspecified atom stereocenters. The number of hydrogen-bond donors (Lipinski definition) is 1. The van der Waals surface area contributed by atoms with Gasteiger partial charge in [-0.15, -0.1) is 0 Å². The molecular formula is C15H19ClFN3. The van der Waals surface area contributed by atoms with Gasteiger partial charge in [-0.05, 0) is 45.9 Å². The van der Waals surface area contributed by atoms with Crippen molar-refractivity contribution in [3.8, 4) is 0 Å². The Labute approximate surface area is 123 Å².